The SMILES string of the molecule is Cc1nn(C)c2ncc(C(=O)OCc3cn(-c4ccccc4)nc3-c3ccccc3)cc12. The first kappa shape index (κ1) is 19.7. The van der Waals surface area contributed by atoms with Crippen molar-refractivity contribution in [3.05, 3.63) is 95.9 Å². The highest BCUT2D eigenvalue weighted by molar-refractivity contribution is 5.93. The Hall–Kier alpha value is -4.26. The fourth-order valence-corrected chi connectivity index (χ4v) is 3.71. The van der Waals surface area contributed by atoms with E-state index in [9.17, 15) is 4.79 Å². The second-order valence-corrected chi connectivity index (χ2v) is 7.53. The molecule has 0 fully saturated rings. The van der Waals surface area contributed by atoms with Crippen LogP contribution >= 0.6 is 0 Å². The van der Waals surface area contributed by atoms with Crippen molar-refractivity contribution in [2.75, 3.05) is 0 Å². The lowest BCUT2D eigenvalue weighted by atomic mass is 10.1. The second-order valence-electron chi connectivity index (χ2n) is 7.53. The number of ether oxygens (including phenoxy) is 1. The molecule has 0 spiro atoms. The van der Waals surface area contributed by atoms with Gasteiger partial charge in [-0.1, -0.05) is 48.5 Å². The number of nitrogens with zero attached hydrogens (tertiary/aromatic N) is 5. The number of aryl methyl sites for hydroxylation is 2. The lowest BCUT2D eigenvalue weighted by Crippen LogP contribution is -2.06. The molecule has 7 nitrogen and oxygen atoms in total. The number of carbonyl (C=O) groups excluding carboxylic acids is 1. The third-order valence-corrected chi connectivity index (χ3v) is 5.32. The predicted octanol–water partition coefficient (Wildman–Crippen LogP) is 4.49. The summed E-state index contributed by atoms with van der Waals surface area (Å²) in [5.74, 6) is -0.436. The number of rotatable bonds is 5. The Kier molecular flexibility index (Phi) is 4.99. The second kappa shape index (κ2) is 8.11. The van der Waals surface area contributed by atoms with Gasteiger partial charge in [-0.25, -0.2) is 14.5 Å². The highest BCUT2D eigenvalue weighted by Gasteiger charge is 2.17. The zero-order valence-corrected chi connectivity index (χ0v) is 17.8. The Labute approximate surface area is 184 Å². The van der Waals surface area contributed by atoms with Crippen LogP contribution in [-0.2, 0) is 18.4 Å². The minimum Gasteiger partial charge on any atom is -0.457 e. The third kappa shape index (κ3) is 3.65. The van der Waals surface area contributed by atoms with E-state index >= 15 is 0 Å². The molecule has 32 heavy (non-hydrogen) atoms. The van der Waals surface area contributed by atoms with Crippen LogP contribution in [0.3, 0.4) is 0 Å². The highest BCUT2D eigenvalue weighted by atomic mass is 16.5. The third-order valence-electron chi connectivity index (χ3n) is 5.32. The van der Waals surface area contributed by atoms with Gasteiger partial charge in [0.25, 0.3) is 0 Å². The molecule has 3 aromatic heterocycles. The van der Waals surface area contributed by atoms with Crippen molar-refractivity contribution in [1.82, 2.24) is 24.5 Å². The Morgan fingerprint density at radius 1 is 1.00 bits per heavy atom. The van der Waals surface area contributed by atoms with E-state index < -0.39 is 5.97 Å². The van der Waals surface area contributed by atoms with Gasteiger partial charge in [-0.15, -0.1) is 0 Å². The largest absolute Gasteiger partial charge is 0.457 e. The Balaban J connectivity index is 1.44. The molecular weight excluding hydrogens is 402 g/mol. The molecule has 0 bridgehead atoms. The van der Waals surface area contributed by atoms with Crippen LogP contribution in [0.5, 0.6) is 0 Å². The number of benzene rings is 2. The van der Waals surface area contributed by atoms with Gasteiger partial charge in [0.1, 0.15) is 6.61 Å². The van der Waals surface area contributed by atoms with Gasteiger partial charge in [0.15, 0.2) is 5.65 Å². The van der Waals surface area contributed by atoms with Gasteiger partial charge >= 0.3 is 5.97 Å². The number of hydrogen-bond donors (Lipinski definition) is 0. The van der Waals surface area contributed by atoms with Crippen molar-refractivity contribution in [3.8, 4) is 16.9 Å². The first-order chi connectivity index (χ1) is 15.6. The van der Waals surface area contributed by atoms with Crippen LogP contribution in [0.25, 0.3) is 28.0 Å². The van der Waals surface area contributed by atoms with E-state index in [1.54, 1.807) is 15.4 Å². The zero-order chi connectivity index (χ0) is 22.1. The van der Waals surface area contributed by atoms with Crippen LogP contribution in [0.4, 0.5) is 0 Å². The smallest absolute Gasteiger partial charge is 0.340 e. The van der Waals surface area contributed by atoms with E-state index in [0.29, 0.717) is 5.56 Å². The molecule has 0 atom stereocenters. The van der Waals surface area contributed by atoms with E-state index in [4.69, 9.17) is 9.84 Å². The highest BCUT2D eigenvalue weighted by Crippen LogP contribution is 2.25. The molecule has 2 aromatic carbocycles. The van der Waals surface area contributed by atoms with Gasteiger partial charge in [0, 0.05) is 36.0 Å². The minimum absolute atomic E-state index is 0.0972. The van der Waals surface area contributed by atoms with Gasteiger partial charge in [-0.3, -0.25) is 4.68 Å². The molecule has 0 radical (unpaired) electrons. The summed E-state index contributed by atoms with van der Waals surface area (Å²) in [7, 11) is 1.83. The molecule has 0 aliphatic rings. The fraction of sp³-hybridized carbons (Fsp3) is 0.120. The van der Waals surface area contributed by atoms with E-state index in [0.717, 1.165) is 39.2 Å². The molecule has 0 aliphatic carbocycles. The molecule has 0 unspecified atom stereocenters. The van der Waals surface area contributed by atoms with Crippen LogP contribution < -0.4 is 0 Å². The molecule has 3 heterocycles. The molecule has 5 aromatic rings. The quantitative estimate of drug-likeness (QED) is 0.390. The summed E-state index contributed by atoms with van der Waals surface area (Å²) >= 11 is 0. The summed E-state index contributed by atoms with van der Waals surface area (Å²) in [6.07, 6.45) is 3.43. The van der Waals surface area contributed by atoms with E-state index in [2.05, 4.69) is 10.1 Å². The van der Waals surface area contributed by atoms with Gasteiger partial charge in [-0.2, -0.15) is 10.2 Å². The minimum atomic E-state index is -0.436. The maximum absolute atomic E-state index is 12.8. The molecule has 7 heteroatoms. The predicted molar refractivity (Wildman–Crippen MR) is 121 cm³/mol. The first-order valence-electron chi connectivity index (χ1n) is 10.3. The lowest BCUT2D eigenvalue weighted by Gasteiger charge is -2.05. The molecule has 0 saturated carbocycles. The fourth-order valence-electron chi connectivity index (χ4n) is 3.71. The maximum atomic E-state index is 12.8. The summed E-state index contributed by atoms with van der Waals surface area (Å²) in [4.78, 5) is 17.2. The molecule has 5 rings (SSSR count). The Bertz CT molecular complexity index is 1400. The number of hydrogen-bond acceptors (Lipinski definition) is 5. The van der Waals surface area contributed by atoms with Crippen LogP contribution in [0.15, 0.2) is 79.1 Å². The molecule has 158 valence electrons. The van der Waals surface area contributed by atoms with Crippen molar-refractivity contribution in [3.63, 3.8) is 0 Å². The monoisotopic (exact) mass is 423 g/mol. The van der Waals surface area contributed by atoms with Crippen molar-refractivity contribution in [1.29, 1.82) is 0 Å². The average molecular weight is 423 g/mol. The van der Waals surface area contributed by atoms with Crippen LogP contribution in [0.2, 0.25) is 0 Å². The number of pyridine rings is 1. The van der Waals surface area contributed by atoms with Gasteiger partial charge in [0.05, 0.1) is 22.6 Å². The standard InChI is InChI=1S/C25H21N5O2/c1-17-22-13-19(14-26-24(22)29(2)27-17)25(31)32-16-20-15-30(21-11-7-4-8-12-21)28-23(20)18-9-5-3-6-10-18/h3-15H,16H2,1-2H3. The van der Waals surface area contributed by atoms with Crippen molar-refractivity contribution in [2.24, 2.45) is 7.05 Å². The number of fused-ring (bicyclic) bond motifs is 1. The van der Waals surface area contributed by atoms with E-state index in [1.807, 2.05) is 80.8 Å². The Morgan fingerprint density at radius 2 is 1.72 bits per heavy atom. The van der Waals surface area contributed by atoms with E-state index in [1.165, 1.54) is 6.20 Å². The van der Waals surface area contributed by atoms with Crippen LogP contribution in [0, 0.1) is 6.92 Å². The summed E-state index contributed by atoms with van der Waals surface area (Å²) in [6.45, 7) is 1.99. The number of carbonyl (C=O) groups is 1. The number of para-hydroxylation sites is 1. The van der Waals surface area contributed by atoms with Crippen molar-refractivity contribution < 1.29 is 9.53 Å². The van der Waals surface area contributed by atoms with Crippen LogP contribution in [0.1, 0.15) is 21.6 Å². The number of aromatic nitrogens is 5. The molecule has 0 aliphatic heterocycles. The van der Waals surface area contributed by atoms with Gasteiger partial charge in [-0.05, 0) is 25.1 Å². The lowest BCUT2D eigenvalue weighted by molar-refractivity contribution is 0.0473. The van der Waals surface area contributed by atoms with E-state index in [-0.39, 0.29) is 6.61 Å². The maximum Gasteiger partial charge on any atom is 0.340 e. The molecule has 0 saturated heterocycles. The van der Waals surface area contributed by atoms with Crippen molar-refractivity contribution in [2.45, 2.75) is 13.5 Å². The van der Waals surface area contributed by atoms with Crippen LogP contribution in [-0.4, -0.2) is 30.5 Å². The van der Waals surface area contributed by atoms with Gasteiger partial charge < -0.3 is 4.74 Å². The zero-order valence-electron chi connectivity index (χ0n) is 17.8. The molecular formula is C25H21N5O2. The average Bonchev–Trinajstić information content (AvgIpc) is 3.39. The van der Waals surface area contributed by atoms with Crippen molar-refractivity contribution >= 4 is 17.0 Å². The summed E-state index contributed by atoms with van der Waals surface area (Å²) < 4.78 is 9.16. The first-order valence-corrected chi connectivity index (χ1v) is 10.3. The number of esters is 1. The topological polar surface area (TPSA) is 74.8 Å². The summed E-state index contributed by atoms with van der Waals surface area (Å²) in [5.41, 5.74) is 5.44. The Morgan fingerprint density at radius 3 is 2.47 bits per heavy atom. The molecule has 0 amide bonds. The summed E-state index contributed by atoms with van der Waals surface area (Å²) in [6, 6.07) is 21.5. The van der Waals surface area contributed by atoms with Gasteiger partial charge in [0.2, 0.25) is 0 Å². The molecule has 0 N–H and O–H groups in total. The summed E-state index contributed by atoms with van der Waals surface area (Å²) in [5, 5.41) is 9.95. The normalized spacial score (nSPS) is 11.1.